The fraction of sp³-hybridized carbons (Fsp3) is 0.259. The molecule has 2 N–H and O–H groups in total. The highest BCUT2D eigenvalue weighted by Crippen LogP contribution is 2.26. The minimum absolute atomic E-state index is 0.223. The Kier molecular flexibility index (Phi) is 10.4. The first-order valence-corrected chi connectivity index (χ1v) is 12.6. The number of ether oxygens (including phenoxy) is 2. The highest BCUT2D eigenvalue weighted by atomic mass is 79.9. The van der Waals surface area contributed by atoms with Gasteiger partial charge in [0.25, 0.3) is 5.91 Å². The summed E-state index contributed by atoms with van der Waals surface area (Å²) in [6.45, 7) is 3.40. The van der Waals surface area contributed by atoms with Gasteiger partial charge in [0.1, 0.15) is 11.5 Å². The zero-order chi connectivity index (χ0) is 24.2. The molecule has 178 valence electrons. The van der Waals surface area contributed by atoms with Crippen molar-refractivity contribution in [2.75, 3.05) is 18.5 Å². The lowest BCUT2D eigenvalue weighted by Crippen LogP contribution is -2.34. The van der Waals surface area contributed by atoms with E-state index in [9.17, 15) is 4.79 Å². The molecule has 0 aliphatic carbocycles. The summed E-state index contributed by atoms with van der Waals surface area (Å²) in [5, 5.41) is 5.95. The molecule has 3 rings (SSSR count). The maximum atomic E-state index is 12.6. The van der Waals surface area contributed by atoms with Crippen molar-refractivity contribution >= 4 is 44.9 Å². The Balaban J connectivity index is 1.42. The molecule has 7 heteroatoms. The number of carbonyl (C=O) groups excluding carboxylic acids is 1. The van der Waals surface area contributed by atoms with Crippen LogP contribution in [0, 0.1) is 0 Å². The smallest absolute Gasteiger partial charge is 0.257 e. The second-order valence-corrected chi connectivity index (χ2v) is 8.98. The number of rotatable bonds is 11. The molecule has 0 bridgehead atoms. The molecular formula is C27H29BrN2O3S. The molecule has 34 heavy (non-hydrogen) atoms. The summed E-state index contributed by atoms with van der Waals surface area (Å²) in [7, 11) is 0. The second-order valence-electron chi connectivity index (χ2n) is 7.72. The Hall–Kier alpha value is -2.90. The van der Waals surface area contributed by atoms with E-state index in [1.165, 1.54) is 5.56 Å². The van der Waals surface area contributed by atoms with E-state index >= 15 is 0 Å². The Labute approximate surface area is 215 Å². The number of amides is 1. The van der Waals surface area contributed by atoms with Crippen LogP contribution in [0.25, 0.3) is 0 Å². The zero-order valence-corrected chi connectivity index (χ0v) is 21.6. The van der Waals surface area contributed by atoms with Crippen molar-refractivity contribution in [1.82, 2.24) is 5.32 Å². The van der Waals surface area contributed by atoms with Crippen LogP contribution in [-0.2, 0) is 6.42 Å². The van der Waals surface area contributed by atoms with Gasteiger partial charge in [-0.1, -0.05) is 43.7 Å². The van der Waals surface area contributed by atoms with Crippen molar-refractivity contribution < 1.29 is 14.3 Å². The number of unbranched alkanes of at least 4 members (excludes halogenated alkanes) is 1. The van der Waals surface area contributed by atoms with Gasteiger partial charge in [0, 0.05) is 11.3 Å². The first-order chi connectivity index (χ1) is 16.5. The van der Waals surface area contributed by atoms with Crippen LogP contribution in [-0.4, -0.2) is 24.2 Å². The van der Waals surface area contributed by atoms with E-state index < -0.39 is 0 Å². The largest absolute Gasteiger partial charge is 0.494 e. The third-order valence-corrected chi connectivity index (χ3v) is 5.83. The molecule has 0 aliphatic rings. The summed E-state index contributed by atoms with van der Waals surface area (Å²) in [5.41, 5.74) is 2.56. The van der Waals surface area contributed by atoms with E-state index in [1.54, 1.807) is 18.2 Å². The summed E-state index contributed by atoms with van der Waals surface area (Å²) >= 11 is 8.76. The van der Waals surface area contributed by atoms with E-state index in [2.05, 4.69) is 45.6 Å². The monoisotopic (exact) mass is 540 g/mol. The molecule has 0 heterocycles. The van der Waals surface area contributed by atoms with Gasteiger partial charge in [-0.15, -0.1) is 0 Å². The number of benzene rings is 3. The molecule has 3 aromatic rings. The van der Waals surface area contributed by atoms with Crippen LogP contribution >= 0.6 is 28.1 Å². The molecule has 0 fully saturated rings. The SMILES string of the molecule is CCCCOc1ccc(C(=O)NC(=S)Nc2ccc(OCCCc3ccccc3)cc2)cc1Br. The first-order valence-electron chi connectivity index (χ1n) is 11.4. The van der Waals surface area contributed by atoms with Crippen LogP contribution in [0.2, 0.25) is 0 Å². The third kappa shape index (κ3) is 8.47. The van der Waals surface area contributed by atoms with Gasteiger partial charge >= 0.3 is 0 Å². The molecule has 0 unspecified atom stereocenters. The van der Waals surface area contributed by atoms with Crippen molar-refractivity contribution in [2.45, 2.75) is 32.6 Å². The van der Waals surface area contributed by atoms with E-state index in [0.717, 1.165) is 41.6 Å². The van der Waals surface area contributed by atoms with Crippen LogP contribution in [0.5, 0.6) is 11.5 Å². The highest BCUT2D eigenvalue weighted by Gasteiger charge is 2.11. The van der Waals surface area contributed by atoms with Crippen molar-refractivity contribution in [1.29, 1.82) is 0 Å². The predicted molar refractivity (Wildman–Crippen MR) is 145 cm³/mol. The summed E-state index contributed by atoms with van der Waals surface area (Å²) < 4.78 is 12.3. The molecule has 0 spiro atoms. The lowest BCUT2D eigenvalue weighted by Gasteiger charge is -2.12. The van der Waals surface area contributed by atoms with Crippen molar-refractivity contribution in [3.63, 3.8) is 0 Å². The van der Waals surface area contributed by atoms with Gasteiger partial charge in [0.15, 0.2) is 5.11 Å². The number of hydrogen-bond acceptors (Lipinski definition) is 4. The van der Waals surface area contributed by atoms with E-state index in [1.807, 2.05) is 42.5 Å². The van der Waals surface area contributed by atoms with Gasteiger partial charge in [0.2, 0.25) is 0 Å². The van der Waals surface area contributed by atoms with E-state index in [-0.39, 0.29) is 11.0 Å². The number of aryl methyl sites for hydroxylation is 1. The summed E-state index contributed by atoms with van der Waals surface area (Å²) in [4.78, 5) is 12.6. The fourth-order valence-corrected chi connectivity index (χ4v) is 3.87. The van der Waals surface area contributed by atoms with Gasteiger partial charge in [-0.05, 0) is 95.4 Å². The molecule has 0 saturated carbocycles. The fourth-order valence-electron chi connectivity index (χ4n) is 3.17. The molecule has 1 amide bonds. The van der Waals surface area contributed by atoms with Crippen molar-refractivity contribution in [3.05, 3.63) is 88.4 Å². The molecule has 0 aromatic heterocycles. The topological polar surface area (TPSA) is 59.6 Å². The highest BCUT2D eigenvalue weighted by molar-refractivity contribution is 9.10. The quantitative estimate of drug-likeness (QED) is 0.207. The average Bonchev–Trinajstić information content (AvgIpc) is 2.84. The number of nitrogens with one attached hydrogen (secondary N) is 2. The van der Waals surface area contributed by atoms with Gasteiger partial charge < -0.3 is 14.8 Å². The third-order valence-electron chi connectivity index (χ3n) is 5.01. The van der Waals surface area contributed by atoms with Crippen LogP contribution < -0.4 is 20.1 Å². The molecule has 3 aromatic carbocycles. The van der Waals surface area contributed by atoms with Gasteiger partial charge in [0.05, 0.1) is 17.7 Å². The van der Waals surface area contributed by atoms with Crippen LogP contribution in [0.1, 0.15) is 42.1 Å². The standard InChI is InChI=1S/C27H29BrN2O3S/c1-2-3-17-33-25-16-11-21(19-24(25)28)26(31)30-27(34)29-22-12-14-23(15-13-22)32-18-7-10-20-8-5-4-6-9-20/h4-6,8-9,11-16,19H,2-3,7,10,17-18H2,1H3,(H2,29,30,31,34). The molecule has 0 aliphatic heterocycles. The van der Waals surface area contributed by atoms with Crippen LogP contribution in [0.4, 0.5) is 5.69 Å². The van der Waals surface area contributed by atoms with E-state index in [4.69, 9.17) is 21.7 Å². The number of hydrogen-bond donors (Lipinski definition) is 2. The Bertz CT molecular complexity index is 1070. The lowest BCUT2D eigenvalue weighted by atomic mass is 10.1. The first kappa shape index (κ1) is 25.7. The number of carbonyl (C=O) groups is 1. The van der Waals surface area contributed by atoms with Crippen molar-refractivity contribution in [3.8, 4) is 11.5 Å². The minimum atomic E-state index is -0.295. The molecule has 0 radical (unpaired) electrons. The van der Waals surface area contributed by atoms with Gasteiger partial charge in [-0.2, -0.15) is 0 Å². The maximum Gasteiger partial charge on any atom is 0.257 e. The summed E-state index contributed by atoms with van der Waals surface area (Å²) in [6.07, 6.45) is 3.98. The molecule has 0 saturated heterocycles. The van der Waals surface area contributed by atoms with Crippen molar-refractivity contribution in [2.24, 2.45) is 0 Å². The minimum Gasteiger partial charge on any atom is -0.494 e. The van der Waals surface area contributed by atoms with Crippen LogP contribution in [0.15, 0.2) is 77.3 Å². The summed E-state index contributed by atoms with van der Waals surface area (Å²) in [6, 6.07) is 23.1. The Morgan fingerprint density at radius 1 is 0.941 bits per heavy atom. The number of halogens is 1. The molecule has 0 atom stereocenters. The number of anilines is 1. The van der Waals surface area contributed by atoms with Gasteiger partial charge in [-0.3, -0.25) is 10.1 Å². The second kappa shape index (κ2) is 13.7. The van der Waals surface area contributed by atoms with Crippen LogP contribution in [0.3, 0.4) is 0 Å². The molecule has 5 nitrogen and oxygen atoms in total. The lowest BCUT2D eigenvalue weighted by molar-refractivity contribution is 0.0977. The normalized spacial score (nSPS) is 10.4. The average molecular weight is 542 g/mol. The Morgan fingerprint density at radius 3 is 2.38 bits per heavy atom. The number of thiocarbonyl (C=S) groups is 1. The summed E-state index contributed by atoms with van der Waals surface area (Å²) in [5.74, 6) is 1.21. The van der Waals surface area contributed by atoms with E-state index in [0.29, 0.717) is 24.5 Å². The zero-order valence-electron chi connectivity index (χ0n) is 19.2. The Morgan fingerprint density at radius 2 is 1.68 bits per heavy atom. The maximum absolute atomic E-state index is 12.6. The predicted octanol–water partition coefficient (Wildman–Crippen LogP) is 6.77. The molecular weight excluding hydrogens is 512 g/mol. The van der Waals surface area contributed by atoms with Gasteiger partial charge in [-0.25, -0.2) is 0 Å².